The third kappa shape index (κ3) is 4.95. The Balaban J connectivity index is 1.83. The molecule has 0 fully saturated rings. The van der Waals surface area contributed by atoms with Crippen molar-refractivity contribution in [1.29, 1.82) is 0 Å². The van der Waals surface area contributed by atoms with Crippen LogP contribution in [-0.4, -0.2) is 24.4 Å². The first-order valence-corrected chi connectivity index (χ1v) is 7.74. The van der Waals surface area contributed by atoms with Crippen LogP contribution in [0.25, 0.3) is 0 Å². The highest BCUT2D eigenvalue weighted by molar-refractivity contribution is 5.22. The van der Waals surface area contributed by atoms with E-state index in [2.05, 4.69) is 48.7 Å². The molecule has 0 bridgehead atoms. The molecule has 0 heterocycles. The van der Waals surface area contributed by atoms with Crippen molar-refractivity contribution in [2.75, 3.05) is 13.3 Å². The van der Waals surface area contributed by atoms with Gasteiger partial charge in [0.05, 0.1) is 19.3 Å². The molecule has 0 aromatic heterocycles. The third-order valence-corrected chi connectivity index (χ3v) is 3.89. The molecular formula is C19H25N2O. The van der Waals surface area contributed by atoms with Crippen LogP contribution in [0.3, 0.4) is 0 Å². The monoisotopic (exact) mass is 297 g/mol. The highest BCUT2D eigenvalue weighted by atomic mass is 16.3. The third-order valence-electron chi connectivity index (χ3n) is 3.89. The average molecular weight is 297 g/mol. The number of benzene rings is 2. The summed E-state index contributed by atoms with van der Waals surface area (Å²) in [6.07, 6.45) is 0.769. The molecule has 22 heavy (non-hydrogen) atoms. The Kier molecular flexibility index (Phi) is 6.13. The van der Waals surface area contributed by atoms with Crippen LogP contribution in [0.4, 0.5) is 0 Å². The molecule has 2 rings (SSSR count). The highest BCUT2D eigenvalue weighted by Crippen LogP contribution is 2.18. The predicted molar refractivity (Wildman–Crippen MR) is 90.6 cm³/mol. The first-order valence-electron chi connectivity index (χ1n) is 7.74. The first-order chi connectivity index (χ1) is 10.6. The highest BCUT2D eigenvalue weighted by Gasteiger charge is 2.19. The van der Waals surface area contributed by atoms with Gasteiger partial charge in [0.2, 0.25) is 0 Å². The van der Waals surface area contributed by atoms with Crippen LogP contribution in [0.2, 0.25) is 0 Å². The Morgan fingerprint density at radius 2 is 1.59 bits per heavy atom. The summed E-state index contributed by atoms with van der Waals surface area (Å²) < 4.78 is 0. The fraction of sp³-hybridized carbons (Fsp3) is 0.368. The lowest BCUT2D eigenvalue weighted by Gasteiger charge is -2.28. The summed E-state index contributed by atoms with van der Waals surface area (Å²) in [5, 5.41) is 17.5. The lowest BCUT2D eigenvalue weighted by Crippen LogP contribution is -2.43. The molecule has 0 spiro atoms. The average Bonchev–Trinajstić information content (AvgIpc) is 2.55. The molecule has 117 valence electrons. The van der Waals surface area contributed by atoms with E-state index in [1.54, 1.807) is 0 Å². The second-order valence-electron chi connectivity index (χ2n) is 6.03. The zero-order valence-corrected chi connectivity index (χ0v) is 13.4. The van der Waals surface area contributed by atoms with Crippen molar-refractivity contribution in [2.24, 2.45) is 0 Å². The summed E-state index contributed by atoms with van der Waals surface area (Å²) in [6, 6.07) is 20.4. The molecule has 0 amide bonds. The van der Waals surface area contributed by atoms with Gasteiger partial charge in [0, 0.05) is 5.54 Å². The molecule has 0 saturated carbocycles. The van der Waals surface area contributed by atoms with Crippen LogP contribution in [0.1, 0.15) is 25.0 Å². The second kappa shape index (κ2) is 8.08. The second-order valence-corrected chi connectivity index (χ2v) is 6.03. The fourth-order valence-electron chi connectivity index (χ4n) is 2.40. The van der Waals surface area contributed by atoms with Gasteiger partial charge < -0.3 is 5.11 Å². The van der Waals surface area contributed by atoms with Crippen molar-refractivity contribution >= 4 is 0 Å². The van der Waals surface area contributed by atoms with E-state index in [1.165, 1.54) is 11.1 Å². The normalized spacial score (nSPS) is 13.0. The van der Waals surface area contributed by atoms with Crippen molar-refractivity contribution < 1.29 is 5.11 Å². The standard InChI is InChI=1S/C19H25N2O/c1-19(2,17-11-7-4-8-12-17)21-15-20-18(14-22)13-16-9-5-3-6-10-16/h3-12,18,21-22H,13-15H2,1-2H3. The molecule has 2 N–H and O–H groups in total. The van der Waals surface area contributed by atoms with Crippen LogP contribution in [0, 0.1) is 0 Å². The van der Waals surface area contributed by atoms with E-state index in [9.17, 15) is 5.11 Å². The molecular weight excluding hydrogens is 272 g/mol. The summed E-state index contributed by atoms with van der Waals surface area (Å²) in [5.74, 6) is 0. The van der Waals surface area contributed by atoms with Gasteiger partial charge in [-0.25, -0.2) is 5.32 Å². The quantitative estimate of drug-likeness (QED) is 0.787. The smallest absolute Gasteiger partial charge is 0.0634 e. The zero-order valence-electron chi connectivity index (χ0n) is 13.4. The van der Waals surface area contributed by atoms with Crippen molar-refractivity contribution in [3.63, 3.8) is 0 Å². The minimum atomic E-state index is -0.141. The Morgan fingerprint density at radius 1 is 1.00 bits per heavy atom. The molecule has 1 radical (unpaired) electrons. The van der Waals surface area contributed by atoms with Crippen LogP contribution in [0.5, 0.6) is 0 Å². The van der Waals surface area contributed by atoms with Gasteiger partial charge in [-0.15, -0.1) is 0 Å². The van der Waals surface area contributed by atoms with Gasteiger partial charge in [-0.3, -0.25) is 5.32 Å². The number of aliphatic hydroxyl groups is 1. The van der Waals surface area contributed by atoms with E-state index >= 15 is 0 Å². The Bertz CT molecular complexity index is 540. The zero-order chi connectivity index (χ0) is 15.8. The van der Waals surface area contributed by atoms with E-state index in [1.807, 2.05) is 36.4 Å². The van der Waals surface area contributed by atoms with Crippen molar-refractivity contribution in [1.82, 2.24) is 10.6 Å². The molecule has 3 heteroatoms. The summed E-state index contributed by atoms with van der Waals surface area (Å²) >= 11 is 0. The molecule has 0 aliphatic rings. The van der Waals surface area contributed by atoms with Crippen LogP contribution >= 0.6 is 0 Å². The molecule has 0 aliphatic carbocycles. The fourth-order valence-corrected chi connectivity index (χ4v) is 2.40. The summed E-state index contributed by atoms with van der Waals surface area (Å²) in [6.45, 7) is 4.88. The lowest BCUT2D eigenvalue weighted by molar-refractivity contribution is 0.230. The Hall–Kier alpha value is -1.68. The topological polar surface area (TPSA) is 46.4 Å². The van der Waals surface area contributed by atoms with Gasteiger partial charge in [-0.05, 0) is 31.4 Å². The van der Waals surface area contributed by atoms with Crippen LogP contribution < -0.4 is 10.6 Å². The Labute approximate surface area is 133 Å². The number of hydrogen-bond donors (Lipinski definition) is 2. The van der Waals surface area contributed by atoms with Crippen molar-refractivity contribution in [3.8, 4) is 0 Å². The number of aliphatic hydroxyl groups excluding tert-OH is 1. The minimum absolute atomic E-state index is 0.0681. The van der Waals surface area contributed by atoms with E-state index < -0.39 is 0 Å². The van der Waals surface area contributed by atoms with Crippen molar-refractivity contribution in [3.05, 3.63) is 71.8 Å². The molecule has 0 aliphatic heterocycles. The van der Waals surface area contributed by atoms with Gasteiger partial charge in [-0.2, -0.15) is 0 Å². The molecule has 1 unspecified atom stereocenters. The molecule has 2 aromatic rings. The van der Waals surface area contributed by atoms with E-state index in [0.29, 0.717) is 6.67 Å². The summed E-state index contributed by atoms with van der Waals surface area (Å²) in [7, 11) is 0. The number of nitrogens with zero attached hydrogens (tertiary/aromatic N) is 1. The SMILES string of the molecule is CC(C)(NC[N]C(CO)Cc1ccccc1)c1ccccc1. The lowest BCUT2D eigenvalue weighted by atomic mass is 9.95. The number of rotatable bonds is 8. The maximum Gasteiger partial charge on any atom is 0.0634 e. The number of hydrogen-bond acceptors (Lipinski definition) is 2. The molecule has 1 atom stereocenters. The van der Waals surface area contributed by atoms with Crippen molar-refractivity contribution in [2.45, 2.75) is 31.8 Å². The van der Waals surface area contributed by atoms with Gasteiger partial charge in [-0.1, -0.05) is 60.7 Å². The van der Waals surface area contributed by atoms with Crippen LogP contribution in [-0.2, 0) is 12.0 Å². The summed E-state index contributed by atoms with van der Waals surface area (Å²) in [5.41, 5.74) is 2.29. The minimum Gasteiger partial charge on any atom is -0.395 e. The maximum atomic E-state index is 9.51. The van der Waals surface area contributed by atoms with Crippen LogP contribution in [0.15, 0.2) is 60.7 Å². The Morgan fingerprint density at radius 3 is 2.18 bits per heavy atom. The van der Waals surface area contributed by atoms with E-state index in [4.69, 9.17) is 0 Å². The molecule has 3 nitrogen and oxygen atoms in total. The summed E-state index contributed by atoms with van der Waals surface area (Å²) in [4.78, 5) is 0. The predicted octanol–water partition coefficient (Wildman–Crippen LogP) is 2.68. The van der Waals surface area contributed by atoms with E-state index in [0.717, 1.165) is 6.42 Å². The van der Waals surface area contributed by atoms with Gasteiger partial charge in [0.25, 0.3) is 0 Å². The first kappa shape index (κ1) is 16.7. The van der Waals surface area contributed by atoms with Gasteiger partial charge in [0.15, 0.2) is 0 Å². The van der Waals surface area contributed by atoms with Gasteiger partial charge in [0.1, 0.15) is 0 Å². The van der Waals surface area contributed by atoms with Gasteiger partial charge >= 0.3 is 0 Å². The number of nitrogens with one attached hydrogen (secondary N) is 1. The largest absolute Gasteiger partial charge is 0.395 e. The molecule has 2 aromatic carbocycles. The van der Waals surface area contributed by atoms with E-state index in [-0.39, 0.29) is 18.2 Å². The molecule has 0 saturated heterocycles. The maximum absolute atomic E-state index is 9.51.